The highest BCUT2D eigenvalue weighted by Crippen LogP contribution is 2.22. The van der Waals surface area contributed by atoms with E-state index in [-0.39, 0.29) is 0 Å². The summed E-state index contributed by atoms with van der Waals surface area (Å²) in [5, 5.41) is 0.783. The normalized spacial score (nSPS) is 11.4. The van der Waals surface area contributed by atoms with Crippen molar-refractivity contribution in [2.24, 2.45) is 0 Å². The minimum Gasteiger partial charge on any atom is -0.324 e. The van der Waals surface area contributed by atoms with Crippen molar-refractivity contribution >= 4 is 28.7 Å². The average molecular weight is 359 g/mol. The third kappa shape index (κ3) is 3.56. The lowest BCUT2D eigenvalue weighted by molar-refractivity contribution is 0.781. The van der Waals surface area contributed by atoms with Gasteiger partial charge in [0, 0.05) is 18.0 Å². The Labute approximate surface area is 158 Å². The van der Waals surface area contributed by atoms with Gasteiger partial charge in [0.2, 0.25) is 0 Å². The molecule has 0 radical (unpaired) electrons. The number of nitrogens with zero attached hydrogens (tertiary/aromatic N) is 2. The highest BCUT2D eigenvalue weighted by atomic mass is 35.5. The molecule has 4 aromatic rings. The molecule has 0 saturated carbocycles. The number of rotatable bonds is 5. The van der Waals surface area contributed by atoms with E-state index >= 15 is 0 Å². The van der Waals surface area contributed by atoms with Crippen LogP contribution in [-0.2, 0) is 13.0 Å². The average Bonchev–Trinajstić information content (AvgIpc) is 3.02. The van der Waals surface area contributed by atoms with Gasteiger partial charge in [-0.25, -0.2) is 4.98 Å². The maximum atomic E-state index is 6.36. The third-order valence-electron chi connectivity index (χ3n) is 4.44. The molecule has 3 heteroatoms. The van der Waals surface area contributed by atoms with Crippen LogP contribution in [0, 0.1) is 0 Å². The summed E-state index contributed by atoms with van der Waals surface area (Å²) in [7, 11) is 0. The smallest absolute Gasteiger partial charge is 0.114 e. The Morgan fingerprint density at radius 2 is 1.58 bits per heavy atom. The lowest BCUT2D eigenvalue weighted by atomic mass is 10.1. The zero-order valence-corrected chi connectivity index (χ0v) is 15.1. The zero-order chi connectivity index (χ0) is 17.8. The van der Waals surface area contributed by atoms with Gasteiger partial charge in [-0.15, -0.1) is 0 Å². The Morgan fingerprint density at radius 3 is 2.42 bits per heavy atom. The molecule has 0 aliphatic carbocycles. The maximum Gasteiger partial charge on any atom is 0.114 e. The Balaban J connectivity index is 1.68. The van der Waals surface area contributed by atoms with Gasteiger partial charge in [-0.3, -0.25) is 0 Å². The van der Waals surface area contributed by atoms with Crippen LogP contribution in [0.15, 0.2) is 84.9 Å². The van der Waals surface area contributed by atoms with Crippen LogP contribution >= 0.6 is 11.6 Å². The lowest BCUT2D eigenvalue weighted by Gasteiger charge is -2.08. The lowest BCUT2D eigenvalue weighted by Crippen LogP contribution is -2.03. The summed E-state index contributed by atoms with van der Waals surface area (Å²) in [6, 6.07) is 26.6. The summed E-state index contributed by atoms with van der Waals surface area (Å²) in [6.07, 6.45) is 5.04. The predicted octanol–water partition coefficient (Wildman–Crippen LogP) is 5.99. The summed E-state index contributed by atoms with van der Waals surface area (Å²) in [4.78, 5) is 4.85. The highest BCUT2D eigenvalue weighted by molar-refractivity contribution is 6.31. The molecule has 0 fully saturated rings. The van der Waals surface area contributed by atoms with E-state index in [0.29, 0.717) is 6.42 Å². The van der Waals surface area contributed by atoms with Crippen LogP contribution in [0.25, 0.3) is 17.1 Å². The van der Waals surface area contributed by atoms with E-state index in [9.17, 15) is 0 Å². The fourth-order valence-corrected chi connectivity index (χ4v) is 3.34. The molecule has 0 atom stereocenters. The SMILES string of the molecule is Clc1ccccc1Cc1nc2ccccc2n1C/C=C/c1ccccc1. The number of benzene rings is 3. The van der Waals surface area contributed by atoms with Gasteiger partial charge in [-0.05, 0) is 29.3 Å². The van der Waals surface area contributed by atoms with Crippen LogP contribution < -0.4 is 0 Å². The monoisotopic (exact) mass is 358 g/mol. The standard InChI is InChI=1S/C23H19ClN2/c24-20-13-5-4-12-19(20)17-23-25-21-14-6-7-15-22(21)26(23)16-8-11-18-9-2-1-3-10-18/h1-15H,16-17H2/b11-8+. The van der Waals surface area contributed by atoms with Crippen molar-refractivity contribution in [3.8, 4) is 0 Å². The van der Waals surface area contributed by atoms with Crippen molar-refractivity contribution in [2.75, 3.05) is 0 Å². The summed E-state index contributed by atoms with van der Waals surface area (Å²) in [5.74, 6) is 1.03. The molecule has 2 nitrogen and oxygen atoms in total. The minimum absolute atomic E-state index is 0.716. The number of hydrogen-bond donors (Lipinski definition) is 0. The topological polar surface area (TPSA) is 17.8 Å². The molecular weight excluding hydrogens is 340 g/mol. The number of halogens is 1. The van der Waals surface area contributed by atoms with Crippen molar-refractivity contribution in [1.29, 1.82) is 0 Å². The summed E-state index contributed by atoms with van der Waals surface area (Å²) in [5.41, 5.74) is 4.46. The van der Waals surface area contributed by atoms with Crippen LogP contribution in [0.3, 0.4) is 0 Å². The van der Waals surface area contributed by atoms with Gasteiger partial charge in [0.1, 0.15) is 5.82 Å². The van der Waals surface area contributed by atoms with Crippen molar-refractivity contribution in [3.63, 3.8) is 0 Å². The van der Waals surface area contributed by atoms with E-state index in [1.165, 1.54) is 5.56 Å². The van der Waals surface area contributed by atoms with Gasteiger partial charge >= 0.3 is 0 Å². The minimum atomic E-state index is 0.716. The number of para-hydroxylation sites is 2. The maximum absolute atomic E-state index is 6.36. The second kappa shape index (κ2) is 7.59. The molecule has 0 saturated heterocycles. The van der Waals surface area contributed by atoms with Crippen molar-refractivity contribution in [2.45, 2.75) is 13.0 Å². The number of fused-ring (bicyclic) bond motifs is 1. The molecule has 0 bridgehead atoms. The highest BCUT2D eigenvalue weighted by Gasteiger charge is 2.11. The number of imidazole rings is 1. The van der Waals surface area contributed by atoms with Crippen LogP contribution in [0.5, 0.6) is 0 Å². The summed E-state index contributed by atoms with van der Waals surface area (Å²) >= 11 is 6.36. The Bertz CT molecular complexity index is 1050. The number of hydrogen-bond acceptors (Lipinski definition) is 1. The van der Waals surface area contributed by atoms with E-state index in [0.717, 1.165) is 34.0 Å². The Morgan fingerprint density at radius 1 is 0.846 bits per heavy atom. The molecule has 0 aliphatic rings. The molecule has 0 unspecified atom stereocenters. The van der Waals surface area contributed by atoms with Crippen LogP contribution in [0.4, 0.5) is 0 Å². The molecule has 1 heterocycles. The van der Waals surface area contributed by atoms with Crippen molar-refractivity contribution < 1.29 is 0 Å². The van der Waals surface area contributed by atoms with Gasteiger partial charge in [0.05, 0.1) is 11.0 Å². The molecule has 0 N–H and O–H groups in total. The first-order valence-electron chi connectivity index (χ1n) is 8.70. The van der Waals surface area contributed by atoms with Gasteiger partial charge < -0.3 is 4.57 Å². The van der Waals surface area contributed by atoms with Gasteiger partial charge in [-0.2, -0.15) is 0 Å². The first-order valence-corrected chi connectivity index (χ1v) is 9.08. The van der Waals surface area contributed by atoms with Crippen LogP contribution in [0.1, 0.15) is 17.0 Å². The van der Waals surface area contributed by atoms with Crippen molar-refractivity contribution in [3.05, 3.63) is 107 Å². The zero-order valence-electron chi connectivity index (χ0n) is 14.3. The molecular formula is C23H19ClN2. The fraction of sp³-hybridized carbons (Fsp3) is 0.0870. The largest absolute Gasteiger partial charge is 0.324 e. The van der Waals surface area contributed by atoms with Gasteiger partial charge in [0.15, 0.2) is 0 Å². The van der Waals surface area contributed by atoms with E-state index in [1.807, 2.05) is 30.3 Å². The molecule has 3 aromatic carbocycles. The van der Waals surface area contributed by atoms with Crippen LogP contribution in [-0.4, -0.2) is 9.55 Å². The molecule has 0 spiro atoms. The summed E-state index contributed by atoms with van der Waals surface area (Å²) in [6.45, 7) is 0.773. The molecule has 4 rings (SSSR count). The molecule has 26 heavy (non-hydrogen) atoms. The molecule has 128 valence electrons. The van der Waals surface area contributed by atoms with Crippen molar-refractivity contribution in [1.82, 2.24) is 9.55 Å². The molecule has 0 aliphatic heterocycles. The van der Waals surface area contributed by atoms with E-state index in [2.05, 4.69) is 65.3 Å². The first-order chi connectivity index (χ1) is 12.8. The Hall–Kier alpha value is -2.84. The van der Waals surface area contributed by atoms with E-state index in [1.54, 1.807) is 0 Å². The third-order valence-corrected chi connectivity index (χ3v) is 4.81. The Kier molecular flexibility index (Phi) is 4.85. The number of allylic oxidation sites excluding steroid dienone is 1. The quantitative estimate of drug-likeness (QED) is 0.428. The molecule has 0 amide bonds. The van der Waals surface area contributed by atoms with E-state index < -0.39 is 0 Å². The second-order valence-electron chi connectivity index (χ2n) is 6.21. The first kappa shape index (κ1) is 16.6. The van der Waals surface area contributed by atoms with E-state index in [4.69, 9.17) is 16.6 Å². The summed E-state index contributed by atoms with van der Waals surface area (Å²) < 4.78 is 2.26. The van der Waals surface area contributed by atoms with Gasteiger partial charge in [0.25, 0.3) is 0 Å². The fourth-order valence-electron chi connectivity index (χ4n) is 3.13. The predicted molar refractivity (Wildman–Crippen MR) is 109 cm³/mol. The molecule has 1 aromatic heterocycles. The number of aromatic nitrogens is 2. The second-order valence-corrected chi connectivity index (χ2v) is 6.62. The van der Waals surface area contributed by atoms with Crippen LogP contribution in [0.2, 0.25) is 5.02 Å². The van der Waals surface area contributed by atoms with Gasteiger partial charge in [-0.1, -0.05) is 84.4 Å².